The van der Waals surface area contributed by atoms with Crippen LogP contribution in [-0.2, 0) is 14.3 Å². The minimum absolute atomic E-state index is 0.0676. The molecule has 144 valence electrons. The zero-order valence-electron chi connectivity index (χ0n) is 15.1. The Kier molecular flexibility index (Phi) is 5.72. The van der Waals surface area contributed by atoms with Gasteiger partial charge in [-0.1, -0.05) is 29.3 Å². The summed E-state index contributed by atoms with van der Waals surface area (Å²) in [6, 6.07) is 11.2. The number of esters is 1. The largest absolute Gasteiger partial charge is 0.462 e. The van der Waals surface area contributed by atoms with Gasteiger partial charge in [0.1, 0.15) is 10.7 Å². The lowest BCUT2D eigenvalue weighted by Gasteiger charge is -2.17. The fourth-order valence-corrected chi connectivity index (χ4v) is 3.22. The summed E-state index contributed by atoms with van der Waals surface area (Å²) in [4.78, 5) is 38.3. The second kappa shape index (κ2) is 8.04. The van der Waals surface area contributed by atoms with Crippen molar-refractivity contribution < 1.29 is 19.1 Å². The molecule has 0 atom stereocenters. The zero-order chi connectivity index (χ0) is 20.4. The van der Waals surface area contributed by atoms with Gasteiger partial charge in [-0.25, -0.2) is 9.69 Å². The van der Waals surface area contributed by atoms with Crippen molar-refractivity contribution in [1.82, 2.24) is 0 Å². The number of aryl methyl sites for hydroxylation is 1. The molecule has 0 saturated carbocycles. The molecule has 8 heteroatoms. The van der Waals surface area contributed by atoms with Gasteiger partial charge >= 0.3 is 5.97 Å². The summed E-state index contributed by atoms with van der Waals surface area (Å²) in [6.45, 7) is 3.69. The van der Waals surface area contributed by atoms with Gasteiger partial charge in [0.15, 0.2) is 0 Å². The topological polar surface area (TPSA) is 75.7 Å². The molecule has 6 nitrogen and oxygen atoms in total. The Labute approximate surface area is 171 Å². The van der Waals surface area contributed by atoms with Gasteiger partial charge in [-0.15, -0.1) is 0 Å². The van der Waals surface area contributed by atoms with Gasteiger partial charge < -0.3 is 10.1 Å². The van der Waals surface area contributed by atoms with Crippen LogP contribution in [0.2, 0.25) is 5.02 Å². The third-order valence-electron chi connectivity index (χ3n) is 4.07. The molecule has 1 aliphatic rings. The van der Waals surface area contributed by atoms with Crippen LogP contribution in [0.5, 0.6) is 0 Å². The molecule has 28 heavy (non-hydrogen) atoms. The van der Waals surface area contributed by atoms with Gasteiger partial charge in [0.2, 0.25) is 0 Å². The van der Waals surface area contributed by atoms with E-state index in [9.17, 15) is 14.4 Å². The minimum atomic E-state index is -0.638. The molecule has 0 radical (unpaired) electrons. The van der Waals surface area contributed by atoms with Gasteiger partial charge in [-0.2, -0.15) is 0 Å². The Morgan fingerprint density at radius 2 is 1.86 bits per heavy atom. The average molecular weight is 419 g/mol. The van der Waals surface area contributed by atoms with E-state index in [4.69, 9.17) is 27.9 Å². The molecule has 3 rings (SSSR count). The number of carbonyl (C=O) groups excluding carboxylic acids is 3. The van der Waals surface area contributed by atoms with Crippen molar-refractivity contribution in [1.29, 1.82) is 0 Å². The third kappa shape index (κ3) is 3.74. The maximum absolute atomic E-state index is 12.9. The summed E-state index contributed by atoms with van der Waals surface area (Å²) >= 11 is 12.1. The van der Waals surface area contributed by atoms with Crippen LogP contribution < -0.4 is 10.2 Å². The molecule has 0 aromatic heterocycles. The predicted molar refractivity (Wildman–Crippen MR) is 108 cm³/mol. The lowest BCUT2D eigenvalue weighted by atomic mass is 10.2. The number of hydrogen-bond donors (Lipinski definition) is 1. The standard InChI is InChI=1S/C20H16Cl2N2O4/c1-3-28-20(27)12-5-4-6-14(10-12)23-17-16(22)18(25)24(19(17)26)15-8-7-13(21)9-11(15)2/h4-10,23H,3H2,1-2H3. The van der Waals surface area contributed by atoms with E-state index in [-0.39, 0.29) is 17.3 Å². The molecule has 0 saturated heterocycles. The number of ether oxygens (including phenoxy) is 1. The Balaban J connectivity index is 1.89. The Bertz CT molecular complexity index is 1020. The van der Waals surface area contributed by atoms with E-state index in [1.807, 2.05) is 0 Å². The number of halogens is 2. The molecule has 0 bridgehead atoms. The first kappa shape index (κ1) is 19.9. The van der Waals surface area contributed by atoms with Crippen LogP contribution >= 0.6 is 23.2 Å². The fraction of sp³-hybridized carbons (Fsp3) is 0.150. The summed E-state index contributed by atoms with van der Waals surface area (Å²) < 4.78 is 4.97. The van der Waals surface area contributed by atoms with E-state index < -0.39 is 17.8 Å². The Morgan fingerprint density at radius 3 is 2.54 bits per heavy atom. The van der Waals surface area contributed by atoms with Crippen molar-refractivity contribution in [3.8, 4) is 0 Å². The highest BCUT2D eigenvalue weighted by Gasteiger charge is 2.39. The van der Waals surface area contributed by atoms with Gasteiger partial charge in [0.05, 0.1) is 17.9 Å². The van der Waals surface area contributed by atoms with Crippen LogP contribution in [0.15, 0.2) is 53.2 Å². The minimum Gasteiger partial charge on any atom is -0.462 e. The first-order valence-electron chi connectivity index (χ1n) is 8.42. The lowest BCUT2D eigenvalue weighted by molar-refractivity contribution is -0.120. The van der Waals surface area contributed by atoms with Crippen LogP contribution in [0, 0.1) is 6.92 Å². The first-order chi connectivity index (χ1) is 13.3. The maximum atomic E-state index is 12.9. The van der Waals surface area contributed by atoms with Crippen LogP contribution in [0.25, 0.3) is 0 Å². The quantitative estimate of drug-likeness (QED) is 0.579. The van der Waals surface area contributed by atoms with Crippen molar-refractivity contribution in [3.63, 3.8) is 0 Å². The summed E-state index contributed by atoms with van der Waals surface area (Å²) in [5.74, 6) is -1.72. The van der Waals surface area contributed by atoms with Crippen LogP contribution in [0.3, 0.4) is 0 Å². The molecular formula is C20H16Cl2N2O4. The molecule has 0 spiro atoms. The van der Waals surface area contributed by atoms with E-state index >= 15 is 0 Å². The molecule has 2 amide bonds. The van der Waals surface area contributed by atoms with Crippen LogP contribution in [0.1, 0.15) is 22.8 Å². The highest BCUT2D eigenvalue weighted by atomic mass is 35.5. The third-order valence-corrected chi connectivity index (χ3v) is 4.66. The molecule has 0 aliphatic carbocycles. The highest BCUT2D eigenvalue weighted by Crippen LogP contribution is 2.33. The zero-order valence-corrected chi connectivity index (χ0v) is 16.6. The average Bonchev–Trinajstić information content (AvgIpc) is 2.86. The summed E-state index contributed by atoms with van der Waals surface area (Å²) in [5.41, 5.74) is 1.72. The molecule has 0 fully saturated rings. The number of amides is 2. The van der Waals surface area contributed by atoms with E-state index in [0.29, 0.717) is 27.5 Å². The number of imide groups is 1. The van der Waals surface area contributed by atoms with Gasteiger partial charge in [0.25, 0.3) is 11.8 Å². The number of anilines is 2. The van der Waals surface area contributed by atoms with Crippen molar-refractivity contribution >= 4 is 52.4 Å². The van der Waals surface area contributed by atoms with Gasteiger partial charge in [-0.05, 0) is 55.8 Å². The molecule has 1 heterocycles. The SMILES string of the molecule is CCOC(=O)c1cccc(NC2=C(Cl)C(=O)N(c3ccc(Cl)cc3C)C2=O)c1. The van der Waals surface area contributed by atoms with E-state index in [1.54, 1.807) is 50.2 Å². The van der Waals surface area contributed by atoms with Gasteiger partial charge in [0, 0.05) is 10.7 Å². The number of carbonyl (C=O) groups is 3. The smallest absolute Gasteiger partial charge is 0.338 e. The van der Waals surface area contributed by atoms with E-state index in [2.05, 4.69) is 5.32 Å². The van der Waals surface area contributed by atoms with Crippen molar-refractivity contribution in [2.75, 3.05) is 16.8 Å². The lowest BCUT2D eigenvalue weighted by Crippen LogP contribution is -2.32. The van der Waals surface area contributed by atoms with Crippen LogP contribution in [0.4, 0.5) is 11.4 Å². The Morgan fingerprint density at radius 1 is 1.11 bits per heavy atom. The normalized spacial score (nSPS) is 13.9. The molecular weight excluding hydrogens is 403 g/mol. The maximum Gasteiger partial charge on any atom is 0.338 e. The summed E-state index contributed by atoms with van der Waals surface area (Å²) in [5, 5.41) is 3.10. The summed E-state index contributed by atoms with van der Waals surface area (Å²) in [6.07, 6.45) is 0. The van der Waals surface area contributed by atoms with E-state index in [0.717, 1.165) is 4.90 Å². The van der Waals surface area contributed by atoms with Crippen molar-refractivity contribution in [2.24, 2.45) is 0 Å². The molecule has 1 N–H and O–H groups in total. The summed E-state index contributed by atoms with van der Waals surface area (Å²) in [7, 11) is 0. The van der Waals surface area contributed by atoms with Crippen molar-refractivity contribution in [3.05, 3.63) is 69.3 Å². The Hall–Kier alpha value is -2.83. The number of nitrogens with one attached hydrogen (secondary N) is 1. The highest BCUT2D eigenvalue weighted by molar-refractivity contribution is 6.53. The number of benzene rings is 2. The second-order valence-corrected chi connectivity index (χ2v) is 6.81. The van der Waals surface area contributed by atoms with E-state index in [1.165, 1.54) is 6.07 Å². The predicted octanol–water partition coefficient (Wildman–Crippen LogP) is 4.26. The van der Waals surface area contributed by atoms with Gasteiger partial charge in [-0.3, -0.25) is 9.59 Å². The number of rotatable bonds is 5. The number of nitrogens with zero attached hydrogens (tertiary/aromatic N) is 1. The molecule has 2 aromatic carbocycles. The number of hydrogen-bond acceptors (Lipinski definition) is 5. The first-order valence-corrected chi connectivity index (χ1v) is 9.18. The molecule has 0 unspecified atom stereocenters. The molecule has 2 aromatic rings. The second-order valence-electron chi connectivity index (χ2n) is 5.99. The monoisotopic (exact) mass is 418 g/mol. The van der Waals surface area contributed by atoms with Crippen molar-refractivity contribution in [2.45, 2.75) is 13.8 Å². The fourth-order valence-electron chi connectivity index (χ4n) is 2.78. The van der Waals surface area contributed by atoms with Crippen LogP contribution in [-0.4, -0.2) is 24.4 Å². The molecule has 1 aliphatic heterocycles.